The van der Waals surface area contributed by atoms with Gasteiger partial charge in [-0.15, -0.1) is 0 Å². The van der Waals surface area contributed by atoms with Crippen molar-refractivity contribution in [2.45, 2.75) is 52.4 Å². The standard InChI is InChI=1S/C46H34BrNO2.C30H22BNO3.C16H14BrIO/c1-46(2,3)30-22-23-34-35-26-27-38(47)42(45(35)49-40(34)28-30)36-25-24-33(29-14-7-4-8-15-29)44-41(36)37-20-13-21-39(43(37)50-44)48(31-16-9-5-10-17-31)32-18-11-6-12-19-32;33-31(34)26-20-19-24(21-11-4-1-5-12-21)30-28(26)25-17-10-18-27(29(25)35-30)32(22-13-6-2-7-14-22)23-15-8-3-9-16-23;1-16(2,3)9-4-5-10-11-6-7-12(17)14(18)15(11)19-13(10)8-9/h4-28H,1-3H3;1-20,33-34H;4-8H,1-3H3. The number of rotatable bonds is 10. The molecule has 4 heterocycles. The van der Waals surface area contributed by atoms with Crippen molar-refractivity contribution in [3.05, 3.63) is 327 Å². The van der Waals surface area contributed by atoms with Gasteiger partial charge >= 0.3 is 7.12 Å². The highest BCUT2D eigenvalue weighted by Gasteiger charge is 2.29. The predicted molar refractivity (Wildman–Crippen MR) is 449 cm³/mol. The van der Waals surface area contributed by atoms with Crippen molar-refractivity contribution in [2.75, 3.05) is 9.80 Å². The summed E-state index contributed by atoms with van der Waals surface area (Å²) in [5.41, 5.74) is 21.8. The second kappa shape index (κ2) is 28.0. The number of hydrogen-bond donors (Lipinski definition) is 2. The summed E-state index contributed by atoms with van der Waals surface area (Å²) in [7, 11) is -1.62. The summed E-state index contributed by atoms with van der Waals surface area (Å²) < 4.78 is 29.8. The number of furan rings is 4. The van der Waals surface area contributed by atoms with E-state index in [1.165, 1.54) is 21.9 Å². The zero-order valence-electron chi connectivity index (χ0n) is 58.0. The quantitative estimate of drug-likeness (QED) is 0.103. The Bertz CT molecular complexity index is 6130. The summed E-state index contributed by atoms with van der Waals surface area (Å²) in [6.45, 7) is 13.4. The summed E-state index contributed by atoms with van der Waals surface area (Å²) in [6.07, 6.45) is 0. The predicted octanol–water partition coefficient (Wildman–Crippen LogP) is 27.0. The molecule has 2 N–H and O–H groups in total. The van der Waals surface area contributed by atoms with Crippen LogP contribution in [0.4, 0.5) is 34.1 Å². The summed E-state index contributed by atoms with van der Waals surface area (Å²) in [5, 5.41) is 28.6. The summed E-state index contributed by atoms with van der Waals surface area (Å²) >= 11 is 9.83. The highest BCUT2D eigenvalue weighted by atomic mass is 127. The molecule has 0 atom stereocenters. The van der Waals surface area contributed by atoms with Crippen LogP contribution in [-0.2, 0) is 10.8 Å². The molecule has 0 amide bonds. The van der Waals surface area contributed by atoms with Crippen LogP contribution in [0, 0.1) is 3.57 Å². The molecular formula is C92H70BBr2IN2O6. The molecular weight excluding hydrogens is 1530 g/mol. The zero-order chi connectivity index (χ0) is 71.5. The first kappa shape index (κ1) is 68.0. The molecule has 18 rings (SSSR count). The van der Waals surface area contributed by atoms with Crippen LogP contribution in [0.1, 0.15) is 52.7 Å². The Hall–Kier alpha value is -10.4. The molecule has 0 bridgehead atoms. The van der Waals surface area contributed by atoms with Gasteiger partial charge in [-0.2, -0.15) is 0 Å². The van der Waals surface area contributed by atoms with Gasteiger partial charge in [-0.3, -0.25) is 0 Å². The van der Waals surface area contributed by atoms with E-state index < -0.39 is 7.12 Å². The molecule has 508 valence electrons. The van der Waals surface area contributed by atoms with Gasteiger partial charge in [0.05, 0.1) is 14.9 Å². The molecule has 0 fully saturated rings. The van der Waals surface area contributed by atoms with Gasteiger partial charge in [-0.1, -0.05) is 258 Å². The summed E-state index contributed by atoms with van der Waals surface area (Å²) in [5.74, 6) is 0. The lowest BCUT2D eigenvalue weighted by atomic mass is 9.76. The van der Waals surface area contributed by atoms with E-state index in [9.17, 15) is 10.0 Å². The highest BCUT2D eigenvalue weighted by molar-refractivity contribution is 14.1. The third-order valence-corrected chi connectivity index (χ3v) is 22.5. The lowest BCUT2D eigenvalue weighted by molar-refractivity contribution is 0.426. The van der Waals surface area contributed by atoms with E-state index in [4.69, 9.17) is 17.7 Å². The molecule has 0 aliphatic rings. The number of para-hydroxylation sites is 6. The minimum absolute atomic E-state index is 0.0107. The van der Waals surface area contributed by atoms with Gasteiger partial charge in [0.25, 0.3) is 0 Å². The molecule has 12 heteroatoms. The van der Waals surface area contributed by atoms with Gasteiger partial charge in [-0.05, 0) is 186 Å². The fraction of sp³-hybridized carbons (Fsp3) is 0.0870. The number of nitrogens with zero attached hydrogens (tertiary/aromatic N) is 2. The average molecular weight is 1600 g/mol. The van der Waals surface area contributed by atoms with Crippen LogP contribution in [0.5, 0.6) is 0 Å². The van der Waals surface area contributed by atoms with Crippen LogP contribution in [0.15, 0.2) is 330 Å². The van der Waals surface area contributed by atoms with Crippen molar-refractivity contribution in [1.29, 1.82) is 0 Å². The van der Waals surface area contributed by atoms with Crippen LogP contribution in [-0.4, -0.2) is 17.2 Å². The minimum Gasteiger partial charge on any atom is -0.455 e. The molecule has 0 unspecified atom stereocenters. The van der Waals surface area contributed by atoms with Gasteiger partial charge in [0.15, 0.2) is 11.2 Å². The highest BCUT2D eigenvalue weighted by Crippen LogP contribution is 2.51. The Morgan fingerprint density at radius 2 is 0.702 bits per heavy atom. The smallest absolute Gasteiger partial charge is 0.455 e. The molecule has 18 aromatic rings. The average Bonchev–Trinajstić information content (AvgIpc) is 1.54. The largest absolute Gasteiger partial charge is 0.489 e. The zero-order valence-corrected chi connectivity index (χ0v) is 63.3. The first-order valence-electron chi connectivity index (χ1n) is 34.7. The maximum Gasteiger partial charge on any atom is 0.489 e. The Morgan fingerprint density at radius 1 is 0.327 bits per heavy atom. The summed E-state index contributed by atoms with van der Waals surface area (Å²) in [4.78, 5) is 4.43. The van der Waals surface area contributed by atoms with Crippen LogP contribution >= 0.6 is 54.5 Å². The van der Waals surface area contributed by atoms with Gasteiger partial charge < -0.3 is 37.5 Å². The Morgan fingerprint density at radius 3 is 1.14 bits per heavy atom. The maximum atomic E-state index is 10.2. The van der Waals surface area contributed by atoms with Crippen molar-refractivity contribution in [1.82, 2.24) is 0 Å². The molecule has 0 aliphatic heterocycles. The van der Waals surface area contributed by atoms with E-state index in [2.05, 4.69) is 294 Å². The van der Waals surface area contributed by atoms with Gasteiger partial charge in [0, 0.05) is 91.5 Å². The van der Waals surface area contributed by atoms with Crippen molar-refractivity contribution in [3.63, 3.8) is 0 Å². The number of hydrogen-bond acceptors (Lipinski definition) is 8. The normalized spacial score (nSPS) is 11.8. The molecule has 0 saturated carbocycles. The van der Waals surface area contributed by atoms with Crippen LogP contribution in [0.3, 0.4) is 0 Å². The molecule has 0 saturated heterocycles. The van der Waals surface area contributed by atoms with Crippen molar-refractivity contribution in [3.8, 4) is 33.4 Å². The van der Waals surface area contributed by atoms with Crippen LogP contribution in [0.2, 0.25) is 0 Å². The lowest BCUT2D eigenvalue weighted by Crippen LogP contribution is -2.30. The fourth-order valence-electron chi connectivity index (χ4n) is 14.2. The van der Waals surface area contributed by atoms with Gasteiger partial charge in [-0.25, -0.2) is 0 Å². The molecule has 104 heavy (non-hydrogen) atoms. The Labute approximate surface area is 634 Å². The number of benzene rings is 14. The maximum absolute atomic E-state index is 10.2. The second-order valence-corrected chi connectivity index (χ2v) is 30.9. The van der Waals surface area contributed by atoms with Gasteiger partial charge in [0.2, 0.25) is 0 Å². The molecule has 0 spiro atoms. The first-order valence-corrected chi connectivity index (χ1v) is 37.3. The van der Waals surface area contributed by atoms with E-state index in [1.54, 1.807) is 6.07 Å². The molecule has 0 radical (unpaired) electrons. The third-order valence-electron chi connectivity index (χ3n) is 19.4. The minimum atomic E-state index is -1.62. The Balaban J connectivity index is 0.000000133. The van der Waals surface area contributed by atoms with E-state index >= 15 is 0 Å². The van der Waals surface area contributed by atoms with Crippen molar-refractivity contribution < 1.29 is 27.7 Å². The van der Waals surface area contributed by atoms with E-state index in [0.717, 1.165) is 140 Å². The lowest BCUT2D eigenvalue weighted by Gasteiger charge is -2.25. The number of halogens is 3. The van der Waals surface area contributed by atoms with Gasteiger partial charge in [0.1, 0.15) is 33.5 Å². The van der Waals surface area contributed by atoms with Crippen molar-refractivity contribution in [2.24, 2.45) is 0 Å². The SMILES string of the molecule is CC(C)(C)c1ccc2c(c1)oc1c(-c3ccc(-c4ccccc4)c4oc5c(N(c6ccccc6)c6ccccc6)cccc5c34)c(Br)ccc12.CC(C)(C)c1ccc2c(c1)oc1c(I)c(Br)ccc12.OB(O)c1ccc(-c2ccccc2)c2oc3c(N(c4ccccc4)c4ccccc4)cccc3c12. The topological polar surface area (TPSA) is 99.5 Å². The monoisotopic (exact) mass is 1590 g/mol. The second-order valence-electron chi connectivity index (χ2n) is 28.1. The third kappa shape index (κ3) is 12.7. The van der Waals surface area contributed by atoms with Crippen molar-refractivity contribution >= 4 is 189 Å². The molecule has 8 nitrogen and oxygen atoms in total. The number of fused-ring (bicyclic) bond motifs is 12. The van der Waals surface area contributed by atoms with E-state index in [-0.39, 0.29) is 10.8 Å². The first-order chi connectivity index (χ1) is 50.5. The van der Waals surface area contributed by atoms with Crippen LogP contribution in [0.25, 0.3) is 121 Å². The summed E-state index contributed by atoms with van der Waals surface area (Å²) in [6, 6.07) is 104. The number of anilines is 6. The van der Waals surface area contributed by atoms with Crippen LogP contribution < -0.4 is 15.3 Å². The molecule has 0 aliphatic carbocycles. The Kier molecular flexibility index (Phi) is 18.3. The van der Waals surface area contributed by atoms with E-state index in [0.29, 0.717) is 22.0 Å². The molecule has 14 aromatic carbocycles. The molecule has 4 aromatic heterocycles. The fourth-order valence-corrected chi connectivity index (χ4v) is 15.6. The van der Waals surface area contributed by atoms with E-state index in [1.807, 2.05) is 109 Å².